The molecule has 1 aliphatic carbocycles. The normalized spacial score (nSPS) is 16.9. The second-order valence-electron chi connectivity index (χ2n) is 15.1. The monoisotopic (exact) mass is 645 g/mol. The van der Waals surface area contributed by atoms with Crippen LogP contribution < -0.4 is 0 Å². The first kappa shape index (κ1) is 39.3. The molecule has 2 aromatic rings. The van der Waals surface area contributed by atoms with E-state index in [1.54, 1.807) is 11.1 Å². The third-order valence-electron chi connectivity index (χ3n) is 10.7. The molecule has 260 valence electrons. The number of fused-ring (bicyclic) bond motifs is 1. The Morgan fingerprint density at radius 2 is 1.73 bits per heavy atom. The van der Waals surface area contributed by atoms with Crippen LogP contribution in [0.5, 0.6) is 0 Å². The molecule has 48 heavy (non-hydrogen) atoms. The summed E-state index contributed by atoms with van der Waals surface area (Å²) >= 11 is 0. The fraction of sp³-hybridized carbons (Fsp3) is 0.500. The molecule has 2 aromatic carbocycles. The highest BCUT2D eigenvalue weighted by molar-refractivity contribution is 5.61. The third kappa shape index (κ3) is 12.1. The van der Waals surface area contributed by atoms with Crippen LogP contribution in [0.1, 0.15) is 147 Å². The van der Waals surface area contributed by atoms with E-state index in [4.69, 9.17) is 0 Å². The molecule has 1 aliphatic rings. The maximum absolute atomic E-state index is 4.67. The minimum atomic E-state index is 0.257. The lowest BCUT2D eigenvalue weighted by atomic mass is 9.81. The molecule has 0 heteroatoms. The number of rotatable bonds is 19. The topological polar surface area (TPSA) is 0 Å². The van der Waals surface area contributed by atoms with Gasteiger partial charge >= 0.3 is 0 Å². The van der Waals surface area contributed by atoms with Gasteiger partial charge in [-0.05, 0) is 122 Å². The smallest absolute Gasteiger partial charge is 0.00611 e. The Morgan fingerprint density at radius 1 is 0.958 bits per heavy atom. The van der Waals surface area contributed by atoms with Crippen molar-refractivity contribution in [2.24, 2.45) is 17.8 Å². The average Bonchev–Trinajstić information content (AvgIpc) is 3.06. The van der Waals surface area contributed by atoms with Crippen molar-refractivity contribution in [1.82, 2.24) is 0 Å². The third-order valence-corrected chi connectivity index (χ3v) is 10.7. The van der Waals surface area contributed by atoms with Crippen molar-refractivity contribution in [3.05, 3.63) is 135 Å². The Labute approximate surface area is 296 Å². The predicted octanol–water partition coefficient (Wildman–Crippen LogP) is 14.7. The van der Waals surface area contributed by atoms with E-state index in [9.17, 15) is 0 Å². The molecule has 0 N–H and O–H groups in total. The summed E-state index contributed by atoms with van der Waals surface area (Å²) in [5, 5.41) is 0. The molecular formula is C48H68. The summed E-state index contributed by atoms with van der Waals surface area (Å²) in [4.78, 5) is 0. The fourth-order valence-corrected chi connectivity index (χ4v) is 7.46. The molecule has 0 aromatic heterocycles. The van der Waals surface area contributed by atoms with Crippen molar-refractivity contribution < 1.29 is 0 Å². The summed E-state index contributed by atoms with van der Waals surface area (Å²) in [6.45, 7) is 25.3. The molecule has 0 radical (unpaired) electrons. The van der Waals surface area contributed by atoms with Crippen molar-refractivity contribution in [2.75, 3.05) is 0 Å². The van der Waals surface area contributed by atoms with E-state index in [0.717, 1.165) is 18.8 Å². The quantitative estimate of drug-likeness (QED) is 0.133. The van der Waals surface area contributed by atoms with Crippen LogP contribution in [0.25, 0.3) is 6.08 Å². The standard InChI is InChI=1S/C48H68/c1-11-14-15-24-44(40(10)39(9)43-25-17-22-36(6)30-43)34-47(38(8)35(4)5)31-37(7)21-16-23-41(19-12-2)32-45-26-18-27-46-33-42(20-13-3)28-29-48(45)46/h14-15,17-18,22,24-30,34,37,39,41-42H,10-13,16,19-21,23,31-33H2,1-9H3. The van der Waals surface area contributed by atoms with Gasteiger partial charge in [0.05, 0.1) is 0 Å². The van der Waals surface area contributed by atoms with Crippen LogP contribution in [0.2, 0.25) is 0 Å². The van der Waals surface area contributed by atoms with Crippen LogP contribution in [0, 0.1) is 24.7 Å². The first-order valence-electron chi connectivity index (χ1n) is 19.3. The molecule has 0 amide bonds. The molecule has 0 spiro atoms. The zero-order valence-corrected chi connectivity index (χ0v) is 32.3. The molecule has 4 unspecified atom stereocenters. The van der Waals surface area contributed by atoms with Gasteiger partial charge in [-0.25, -0.2) is 0 Å². The van der Waals surface area contributed by atoms with Crippen LogP contribution in [0.4, 0.5) is 0 Å². The molecule has 0 aliphatic heterocycles. The van der Waals surface area contributed by atoms with Crippen LogP contribution in [-0.2, 0) is 12.8 Å². The first-order valence-corrected chi connectivity index (χ1v) is 19.3. The average molecular weight is 645 g/mol. The van der Waals surface area contributed by atoms with Gasteiger partial charge in [0.15, 0.2) is 0 Å². The lowest BCUT2D eigenvalue weighted by Gasteiger charge is -2.24. The van der Waals surface area contributed by atoms with Gasteiger partial charge in [-0.2, -0.15) is 0 Å². The van der Waals surface area contributed by atoms with Gasteiger partial charge in [-0.15, -0.1) is 0 Å². The minimum absolute atomic E-state index is 0.257. The molecule has 0 saturated carbocycles. The molecule has 3 rings (SSSR count). The first-order chi connectivity index (χ1) is 23.1. The molecule has 0 nitrogen and oxygen atoms in total. The van der Waals surface area contributed by atoms with Gasteiger partial charge in [-0.3, -0.25) is 0 Å². The summed E-state index contributed by atoms with van der Waals surface area (Å²) < 4.78 is 0. The lowest BCUT2D eigenvalue weighted by Crippen LogP contribution is -2.12. The highest BCUT2D eigenvalue weighted by Crippen LogP contribution is 2.34. The van der Waals surface area contributed by atoms with Crippen molar-refractivity contribution in [1.29, 1.82) is 0 Å². The van der Waals surface area contributed by atoms with Crippen LogP contribution in [-0.4, -0.2) is 0 Å². The summed E-state index contributed by atoms with van der Waals surface area (Å²) in [6, 6.07) is 16.0. The molecule has 0 bridgehead atoms. The van der Waals surface area contributed by atoms with Gasteiger partial charge in [0, 0.05) is 5.92 Å². The van der Waals surface area contributed by atoms with E-state index in [0.29, 0.717) is 11.8 Å². The minimum Gasteiger partial charge on any atom is -0.0946 e. The van der Waals surface area contributed by atoms with Gasteiger partial charge in [-0.1, -0.05) is 170 Å². The summed E-state index contributed by atoms with van der Waals surface area (Å²) in [5.74, 6) is 2.36. The fourth-order valence-electron chi connectivity index (χ4n) is 7.46. The number of allylic oxidation sites excluding steroid dienone is 10. The van der Waals surface area contributed by atoms with Gasteiger partial charge < -0.3 is 0 Å². The molecule has 0 fully saturated rings. The largest absolute Gasteiger partial charge is 0.0946 e. The van der Waals surface area contributed by atoms with Crippen molar-refractivity contribution in [3.63, 3.8) is 0 Å². The van der Waals surface area contributed by atoms with Gasteiger partial charge in [0.1, 0.15) is 0 Å². The maximum atomic E-state index is 4.67. The van der Waals surface area contributed by atoms with Crippen LogP contribution >= 0.6 is 0 Å². The number of benzene rings is 2. The summed E-state index contributed by atoms with van der Waals surface area (Å²) in [5.41, 5.74) is 14.0. The van der Waals surface area contributed by atoms with Crippen molar-refractivity contribution >= 4 is 6.08 Å². The predicted molar refractivity (Wildman–Crippen MR) is 216 cm³/mol. The second-order valence-corrected chi connectivity index (χ2v) is 15.1. The highest BCUT2D eigenvalue weighted by atomic mass is 14.2. The molecular weight excluding hydrogens is 577 g/mol. The van der Waals surface area contributed by atoms with E-state index in [1.807, 2.05) is 0 Å². The van der Waals surface area contributed by atoms with E-state index in [2.05, 4.69) is 148 Å². The van der Waals surface area contributed by atoms with E-state index in [-0.39, 0.29) is 5.92 Å². The number of aryl methyl sites for hydroxylation is 1. The Balaban J connectivity index is 1.74. The van der Waals surface area contributed by atoms with Crippen molar-refractivity contribution in [2.45, 2.75) is 139 Å². The van der Waals surface area contributed by atoms with Gasteiger partial charge in [0.2, 0.25) is 0 Å². The Morgan fingerprint density at radius 3 is 2.42 bits per heavy atom. The van der Waals surface area contributed by atoms with E-state index >= 15 is 0 Å². The second kappa shape index (κ2) is 20.4. The Hall–Kier alpha value is -3.12. The van der Waals surface area contributed by atoms with Crippen LogP contribution in [0.15, 0.2) is 107 Å². The molecule has 0 heterocycles. The Kier molecular flexibility index (Phi) is 16.7. The van der Waals surface area contributed by atoms with Crippen molar-refractivity contribution in [3.8, 4) is 0 Å². The summed E-state index contributed by atoms with van der Waals surface area (Å²) in [7, 11) is 0. The SMILES string of the molecule is C=C(C(=CC=CCC)C=C(CC(C)CCCC(CCC)Cc1cccc2c1C=CC(CCC)C2)C(C)=C(C)C)C(C)c1cccc(C)c1. The number of hydrogen-bond acceptors (Lipinski definition) is 0. The van der Waals surface area contributed by atoms with Gasteiger partial charge in [0.25, 0.3) is 0 Å². The number of hydrogen-bond donors (Lipinski definition) is 0. The van der Waals surface area contributed by atoms with E-state index < -0.39 is 0 Å². The molecule has 0 saturated heterocycles. The highest BCUT2D eigenvalue weighted by Gasteiger charge is 2.19. The van der Waals surface area contributed by atoms with Crippen LogP contribution in [0.3, 0.4) is 0 Å². The molecule has 4 atom stereocenters. The Bertz CT molecular complexity index is 1460. The zero-order chi connectivity index (χ0) is 35.1. The summed E-state index contributed by atoms with van der Waals surface area (Å²) in [6.07, 6.45) is 27.8. The zero-order valence-electron chi connectivity index (χ0n) is 32.3. The lowest BCUT2D eigenvalue weighted by molar-refractivity contribution is 0.395. The van der Waals surface area contributed by atoms with E-state index in [1.165, 1.54) is 102 Å². The maximum Gasteiger partial charge on any atom is 0.00611 e.